The number of ether oxygens (including phenoxy) is 1. The van der Waals surface area contributed by atoms with Gasteiger partial charge in [-0.05, 0) is 36.2 Å². The van der Waals surface area contributed by atoms with Crippen LogP contribution in [0.25, 0.3) is 0 Å². The van der Waals surface area contributed by atoms with Crippen LogP contribution in [0.15, 0.2) is 46.9 Å². The van der Waals surface area contributed by atoms with Crippen LogP contribution < -0.4 is 11.1 Å². The molecule has 2 rings (SSSR count). The lowest BCUT2D eigenvalue weighted by Gasteiger charge is -2.14. The van der Waals surface area contributed by atoms with Gasteiger partial charge in [0.25, 0.3) is 0 Å². The Morgan fingerprint density at radius 1 is 1.16 bits per heavy atom. The van der Waals surface area contributed by atoms with Crippen molar-refractivity contribution >= 4 is 33.0 Å². The summed E-state index contributed by atoms with van der Waals surface area (Å²) in [5, 5.41) is 3.38. The predicted octanol–water partition coefficient (Wildman–Crippen LogP) is 3.96. The van der Waals surface area contributed by atoms with Gasteiger partial charge in [-0.25, -0.2) is 0 Å². The molecule has 0 amide bonds. The highest BCUT2D eigenvalue weighted by Gasteiger charge is 2.05. The fourth-order valence-electron chi connectivity index (χ4n) is 1.85. The van der Waals surface area contributed by atoms with Crippen molar-refractivity contribution in [2.75, 3.05) is 24.8 Å². The third-order valence-electron chi connectivity index (χ3n) is 2.88. The lowest BCUT2D eigenvalue weighted by Crippen LogP contribution is -2.01. The number of methoxy groups -OCH3 is 1. The number of hydrogen-bond acceptors (Lipinski definition) is 3. The Morgan fingerprint density at radius 2 is 1.95 bits per heavy atom. The Kier molecular flexibility index (Phi) is 4.82. The zero-order chi connectivity index (χ0) is 13.7. The first kappa shape index (κ1) is 13.9. The summed E-state index contributed by atoms with van der Waals surface area (Å²) in [5.41, 5.74) is 9.88. The van der Waals surface area contributed by atoms with E-state index in [0.29, 0.717) is 6.61 Å². The van der Waals surface area contributed by atoms with Gasteiger partial charge in [0.15, 0.2) is 0 Å². The number of halogens is 1. The molecule has 3 N–H and O–H groups in total. The Morgan fingerprint density at radius 3 is 2.74 bits per heavy atom. The Balaban J connectivity index is 2.25. The van der Waals surface area contributed by atoms with Gasteiger partial charge in [0.2, 0.25) is 0 Å². The molecule has 19 heavy (non-hydrogen) atoms. The Hall–Kier alpha value is -1.52. The van der Waals surface area contributed by atoms with Crippen molar-refractivity contribution in [3.8, 4) is 0 Å². The maximum Gasteiger partial charge on any atom is 0.0629 e. The molecule has 4 heteroatoms. The Bertz CT molecular complexity index is 558. The van der Waals surface area contributed by atoms with Crippen molar-refractivity contribution in [2.24, 2.45) is 0 Å². The van der Waals surface area contributed by atoms with Crippen molar-refractivity contribution in [1.82, 2.24) is 0 Å². The summed E-state index contributed by atoms with van der Waals surface area (Å²) in [5.74, 6) is 0. The van der Waals surface area contributed by atoms with Crippen molar-refractivity contribution < 1.29 is 4.74 Å². The minimum Gasteiger partial charge on any atom is -0.397 e. The van der Waals surface area contributed by atoms with Crippen molar-refractivity contribution in [3.63, 3.8) is 0 Å². The van der Waals surface area contributed by atoms with E-state index in [9.17, 15) is 0 Å². The normalized spacial score (nSPS) is 10.4. The zero-order valence-electron chi connectivity index (χ0n) is 10.8. The third-order valence-corrected chi connectivity index (χ3v) is 3.37. The second kappa shape index (κ2) is 6.59. The molecule has 0 aromatic heterocycles. The molecule has 0 fully saturated rings. The van der Waals surface area contributed by atoms with Gasteiger partial charge in [0.05, 0.1) is 18.0 Å². The molecule has 2 aromatic carbocycles. The van der Waals surface area contributed by atoms with E-state index >= 15 is 0 Å². The quantitative estimate of drug-likeness (QED) is 0.820. The van der Waals surface area contributed by atoms with Crippen molar-refractivity contribution in [3.05, 3.63) is 52.5 Å². The van der Waals surface area contributed by atoms with Crippen LogP contribution in [0.3, 0.4) is 0 Å². The fraction of sp³-hybridized carbons (Fsp3) is 0.200. The molecule has 0 saturated carbocycles. The molecule has 0 heterocycles. The summed E-state index contributed by atoms with van der Waals surface area (Å²) >= 11 is 3.45. The number of hydrogen-bond donors (Lipinski definition) is 2. The van der Waals surface area contributed by atoms with E-state index in [2.05, 4.69) is 27.3 Å². The molecule has 0 aliphatic rings. The molecular weight excluding hydrogens is 304 g/mol. The number of benzene rings is 2. The molecular formula is C15H17BrN2O. The number of para-hydroxylation sites is 1. The number of nitrogens with two attached hydrogens (primary N) is 1. The summed E-state index contributed by atoms with van der Waals surface area (Å²) in [6.45, 7) is 0.701. The topological polar surface area (TPSA) is 47.3 Å². The first-order valence-corrected chi connectivity index (χ1v) is 6.89. The first-order chi connectivity index (χ1) is 9.20. The summed E-state index contributed by atoms with van der Waals surface area (Å²) in [6.07, 6.45) is 0.869. The minimum atomic E-state index is 0.701. The monoisotopic (exact) mass is 320 g/mol. The first-order valence-electron chi connectivity index (χ1n) is 6.09. The molecule has 0 unspecified atom stereocenters. The second-order valence-corrected chi connectivity index (χ2v) is 5.17. The standard InChI is InChI=1S/C15H17BrN2O/c1-19-9-8-11-4-2-3-5-14(11)18-15-10-12(16)6-7-13(15)17/h2-7,10,18H,8-9,17H2,1H3. The van der Waals surface area contributed by atoms with Crippen molar-refractivity contribution in [1.29, 1.82) is 0 Å². The summed E-state index contributed by atoms with van der Waals surface area (Å²) in [6, 6.07) is 14.0. The van der Waals surface area contributed by atoms with Crippen LogP contribution in [-0.4, -0.2) is 13.7 Å². The SMILES string of the molecule is COCCc1ccccc1Nc1cc(Br)ccc1N. The van der Waals surface area contributed by atoms with E-state index in [1.165, 1.54) is 5.56 Å². The Labute approximate surface area is 121 Å². The van der Waals surface area contributed by atoms with E-state index in [-0.39, 0.29) is 0 Å². The fourth-order valence-corrected chi connectivity index (χ4v) is 2.22. The number of anilines is 3. The van der Waals surface area contributed by atoms with Crippen LogP contribution in [0, 0.1) is 0 Å². The van der Waals surface area contributed by atoms with E-state index in [1.54, 1.807) is 7.11 Å². The van der Waals surface area contributed by atoms with E-state index in [4.69, 9.17) is 10.5 Å². The van der Waals surface area contributed by atoms with Crippen LogP contribution in [0.4, 0.5) is 17.1 Å². The molecule has 0 spiro atoms. The highest BCUT2D eigenvalue weighted by atomic mass is 79.9. The number of rotatable bonds is 5. The lowest BCUT2D eigenvalue weighted by molar-refractivity contribution is 0.202. The van der Waals surface area contributed by atoms with Gasteiger partial charge in [-0.2, -0.15) is 0 Å². The van der Waals surface area contributed by atoms with Crippen LogP contribution in [-0.2, 0) is 11.2 Å². The summed E-state index contributed by atoms with van der Waals surface area (Å²) in [7, 11) is 1.71. The lowest BCUT2D eigenvalue weighted by atomic mass is 10.1. The van der Waals surface area contributed by atoms with E-state index in [1.807, 2.05) is 36.4 Å². The molecule has 2 aromatic rings. The van der Waals surface area contributed by atoms with Gasteiger partial charge in [0.1, 0.15) is 0 Å². The van der Waals surface area contributed by atoms with Gasteiger partial charge in [-0.3, -0.25) is 0 Å². The summed E-state index contributed by atoms with van der Waals surface area (Å²) < 4.78 is 6.13. The molecule has 0 bridgehead atoms. The average Bonchev–Trinajstić information content (AvgIpc) is 2.42. The van der Waals surface area contributed by atoms with Gasteiger partial charge >= 0.3 is 0 Å². The molecule has 0 aliphatic heterocycles. The smallest absolute Gasteiger partial charge is 0.0629 e. The third kappa shape index (κ3) is 3.72. The van der Waals surface area contributed by atoms with Crippen LogP contribution in [0.5, 0.6) is 0 Å². The predicted molar refractivity (Wildman–Crippen MR) is 83.9 cm³/mol. The molecule has 0 radical (unpaired) electrons. The van der Waals surface area contributed by atoms with Crippen LogP contribution in [0.1, 0.15) is 5.56 Å². The number of nitrogens with one attached hydrogen (secondary N) is 1. The molecule has 100 valence electrons. The molecule has 0 atom stereocenters. The largest absolute Gasteiger partial charge is 0.397 e. The highest BCUT2D eigenvalue weighted by Crippen LogP contribution is 2.28. The maximum atomic E-state index is 5.98. The average molecular weight is 321 g/mol. The maximum absolute atomic E-state index is 5.98. The number of nitrogen functional groups attached to an aromatic ring is 1. The second-order valence-electron chi connectivity index (χ2n) is 4.26. The summed E-state index contributed by atoms with van der Waals surface area (Å²) in [4.78, 5) is 0. The van der Waals surface area contributed by atoms with Gasteiger partial charge in [0, 0.05) is 17.3 Å². The van der Waals surface area contributed by atoms with Crippen LogP contribution in [0.2, 0.25) is 0 Å². The highest BCUT2D eigenvalue weighted by molar-refractivity contribution is 9.10. The van der Waals surface area contributed by atoms with E-state index in [0.717, 1.165) is 28.0 Å². The van der Waals surface area contributed by atoms with E-state index < -0.39 is 0 Å². The molecule has 3 nitrogen and oxygen atoms in total. The zero-order valence-corrected chi connectivity index (χ0v) is 12.4. The van der Waals surface area contributed by atoms with Gasteiger partial charge < -0.3 is 15.8 Å². The minimum absolute atomic E-state index is 0.701. The van der Waals surface area contributed by atoms with Gasteiger partial charge in [-0.1, -0.05) is 34.1 Å². The molecule has 0 saturated heterocycles. The molecule has 0 aliphatic carbocycles. The van der Waals surface area contributed by atoms with Crippen LogP contribution >= 0.6 is 15.9 Å². The van der Waals surface area contributed by atoms with Crippen molar-refractivity contribution in [2.45, 2.75) is 6.42 Å². The van der Waals surface area contributed by atoms with Gasteiger partial charge in [-0.15, -0.1) is 0 Å².